The van der Waals surface area contributed by atoms with Gasteiger partial charge in [0.2, 0.25) is 0 Å². The largest absolute Gasteiger partial charge is 0.420 e. The average molecular weight is 263 g/mol. The molecule has 3 nitrogen and oxygen atoms in total. The molecule has 2 aromatic heterocycles. The Morgan fingerprint density at radius 3 is 2.32 bits per heavy atom. The van der Waals surface area contributed by atoms with Crippen molar-refractivity contribution < 1.29 is 13.2 Å². The van der Waals surface area contributed by atoms with Crippen molar-refractivity contribution >= 4 is 5.65 Å². The van der Waals surface area contributed by atoms with E-state index in [4.69, 9.17) is 0 Å². The molecule has 0 bridgehead atoms. The molecule has 0 amide bonds. The molecule has 0 spiro atoms. The van der Waals surface area contributed by atoms with Gasteiger partial charge in [-0.05, 0) is 12.1 Å². The molecule has 1 aromatic carbocycles. The van der Waals surface area contributed by atoms with E-state index in [2.05, 4.69) is 10.2 Å². The van der Waals surface area contributed by atoms with E-state index in [1.54, 1.807) is 24.3 Å². The summed E-state index contributed by atoms with van der Waals surface area (Å²) in [6.07, 6.45) is -2.92. The second-order valence-electron chi connectivity index (χ2n) is 4.00. The molecule has 2 heterocycles. The number of aromatic nitrogens is 3. The number of hydrogen-bond acceptors (Lipinski definition) is 2. The number of hydrogen-bond donors (Lipinski definition) is 0. The molecule has 0 saturated carbocycles. The van der Waals surface area contributed by atoms with Crippen LogP contribution >= 0.6 is 0 Å². The zero-order chi connectivity index (χ0) is 13.5. The lowest BCUT2D eigenvalue weighted by Crippen LogP contribution is -2.07. The molecule has 0 atom stereocenters. The molecule has 19 heavy (non-hydrogen) atoms. The maximum absolute atomic E-state index is 12.8. The Balaban J connectivity index is 2.26. The van der Waals surface area contributed by atoms with Crippen LogP contribution in [0.4, 0.5) is 13.2 Å². The van der Waals surface area contributed by atoms with Gasteiger partial charge in [-0.25, -0.2) is 0 Å². The number of pyridine rings is 1. The number of rotatable bonds is 1. The van der Waals surface area contributed by atoms with Crippen LogP contribution in [0, 0.1) is 0 Å². The Morgan fingerprint density at radius 2 is 1.63 bits per heavy atom. The summed E-state index contributed by atoms with van der Waals surface area (Å²) in [7, 11) is 0. The fourth-order valence-electron chi connectivity index (χ4n) is 1.92. The van der Waals surface area contributed by atoms with Gasteiger partial charge in [-0.2, -0.15) is 13.2 Å². The summed E-state index contributed by atoms with van der Waals surface area (Å²) in [6, 6.07) is 11.3. The van der Waals surface area contributed by atoms with Crippen molar-refractivity contribution in [2.75, 3.05) is 0 Å². The minimum atomic E-state index is -4.44. The fourth-order valence-corrected chi connectivity index (χ4v) is 1.92. The maximum atomic E-state index is 12.8. The molecular formula is C13H8F3N3. The molecule has 0 aliphatic heterocycles. The summed E-state index contributed by atoms with van der Waals surface area (Å²) in [5, 5.41) is 7.51. The summed E-state index contributed by atoms with van der Waals surface area (Å²) in [5.41, 5.74) is -0.257. The summed E-state index contributed by atoms with van der Waals surface area (Å²) >= 11 is 0. The molecule has 0 saturated heterocycles. The molecule has 0 aliphatic rings. The monoisotopic (exact) mass is 263 g/mol. The molecule has 0 radical (unpaired) electrons. The third-order valence-corrected chi connectivity index (χ3v) is 2.77. The third kappa shape index (κ3) is 1.95. The molecule has 0 fully saturated rings. The van der Waals surface area contributed by atoms with E-state index in [1.165, 1.54) is 16.7 Å². The first-order valence-electron chi connectivity index (χ1n) is 5.54. The zero-order valence-electron chi connectivity index (χ0n) is 9.59. The highest BCUT2D eigenvalue weighted by atomic mass is 19.4. The van der Waals surface area contributed by atoms with Crippen molar-refractivity contribution in [3.63, 3.8) is 0 Å². The quantitative estimate of drug-likeness (QED) is 0.673. The summed E-state index contributed by atoms with van der Waals surface area (Å²) in [5.74, 6) is 0.390. The Labute approximate surface area is 106 Å². The van der Waals surface area contributed by atoms with Crippen molar-refractivity contribution in [3.05, 3.63) is 54.2 Å². The van der Waals surface area contributed by atoms with Gasteiger partial charge in [-0.1, -0.05) is 30.3 Å². The van der Waals surface area contributed by atoms with Gasteiger partial charge in [0.05, 0.1) is 0 Å². The minimum Gasteiger partial charge on any atom is -0.282 e. The van der Waals surface area contributed by atoms with Gasteiger partial charge in [0, 0.05) is 11.8 Å². The first-order valence-corrected chi connectivity index (χ1v) is 5.54. The zero-order valence-corrected chi connectivity index (χ0v) is 9.59. The summed E-state index contributed by atoms with van der Waals surface area (Å²) in [6.45, 7) is 0. The highest BCUT2D eigenvalue weighted by Gasteiger charge is 2.34. The lowest BCUT2D eigenvalue weighted by atomic mass is 10.2. The van der Waals surface area contributed by atoms with Gasteiger partial charge >= 0.3 is 6.18 Å². The Hall–Kier alpha value is -2.37. The lowest BCUT2D eigenvalue weighted by molar-refractivity contribution is -0.136. The van der Waals surface area contributed by atoms with E-state index < -0.39 is 11.7 Å². The van der Waals surface area contributed by atoms with Gasteiger partial charge in [-0.3, -0.25) is 4.40 Å². The number of nitrogens with zero attached hydrogens (tertiary/aromatic N) is 3. The smallest absolute Gasteiger partial charge is 0.282 e. The van der Waals surface area contributed by atoms with Crippen molar-refractivity contribution in [1.82, 2.24) is 14.6 Å². The van der Waals surface area contributed by atoms with Crippen LogP contribution in [-0.2, 0) is 6.18 Å². The topological polar surface area (TPSA) is 30.2 Å². The predicted octanol–water partition coefficient (Wildman–Crippen LogP) is 3.42. The number of benzene rings is 1. The minimum absolute atomic E-state index is 0.186. The van der Waals surface area contributed by atoms with Crippen molar-refractivity contribution in [2.24, 2.45) is 0 Å². The second-order valence-corrected chi connectivity index (χ2v) is 4.00. The predicted molar refractivity (Wildman–Crippen MR) is 63.4 cm³/mol. The van der Waals surface area contributed by atoms with Crippen molar-refractivity contribution in [3.8, 4) is 11.4 Å². The number of halogens is 3. The Morgan fingerprint density at radius 1 is 0.895 bits per heavy atom. The van der Waals surface area contributed by atoms with Crippen LogP contribution < -0.4 is 0 Å². The molecule has 96 valence electrons. The van der Waals surface area contributed by atoms with E-state index in [0.717, 1.165) is 6.07 Å². The SMILES string of the molecule is FC(F)(F)c1cccn2c(-c3ccccc3)nnc12. The fraction of sp³-hybridized carbons (Fsp3) is 0.0769. The molecular weight excluding hydrogens is 255 g/mol. The molecule has 3 rings (SSSR count). The van der Waals surface area contributed by atoms with Gasteiger partial charge in [0.1, 0.15) is 5.56 Å². The van der Waals surface area contributed by atoms with Crippen molar-refractivity contribution in [1.29, 1.82) is 0 Å². The number of fused-ring (bicyclic) bond motifs is 1. The maximum Gasteiger partial charge on any atom is 0.420 e. The number of alkyl halides is 3. The normalized spacial score (nSPS) is 11.9. The van der Waals surface area contributed by atoms with E-state index in [-0.39, 0.29) is 5.65 Å². The van der Waals surface area contributed by atoms with Crippen LogP contribution in [0.5, 0.6) is 0 Å². The molecule has 0 N–H and O–H groups in total. The molecule has 3 aromatic rings. The Kier molecular flexibility index (Phi) is 2.51. The average Bonchev–Trinajstić information content (AvgIpc) is 2.82. The van der Waals surface area contributed by atoms with Crippen LogP contribution in [0.2, 0.25) is 0 Å². The van der Waals surface area contributed by atoms with Gasteiger partial charge in [0.15, 0.2) is 11.5 Å². The van der Waals surface area contributed by atoms with Crippen LogP contribution in [0.15, 0.2) is 48.7 Å². The molecule has 0 unspecified atom stereocenters. The highest BCUT2D eigenvalue weighted by molar-refractivity contribution is 5.61. The summed E-state index contributed by atoms with van der Waals surface area (Å²) < 4.78 is 39.9. The molecule has 0 aliphatic carbocycles. The van der Waals surface area contributed by atoms with Gasteiger partial charge in [0.25, 0.3) is 0 Å². The Bertz CT molecular complexity index is 717. The third-order valence-electron chi connectivity index (χ3n) is 2.77. The summed E-state index contributed by atoms with van der Waals surface area (Å²) in [4.78, 5) is 0. The van der Waals surface area contributed by atoms with E-state index >= 15 is 0 Å². The van der Waals surface area contributed by atoms with E-state index in [0.29, 0.717) is 11.4 Å². The highest BCUT2D eigenvalue weighted by Crippen LogP contribution is 2.32. The van der Waals surface area contributed by atoms with Crippen LogP contribution in [0.1, 0.15) is 5.56 Å². The standard InChI is InChI=1S/C13H8F3N3/c14-13(15,16)10-7-4-8-19-11(17-18-12(10)19)9-5-2-1-3-6-9/h1-8H. The first kappa shape index (κ1) is 11.7. The lowest BCUT2D eigenvalue weighted by Gasteiger charge is -2.07. The van der Waals surface area contributed by atoms with Crippen LogP contribution in [0.3, 0.4) is 0 Å². The molecule has 6 heteroatoms. The van der Waals surface area contributed by atoms with E-state index in [9.17, 15) is 13.2 Å². The van der Waals surface area contributed by atoms with Gasteiger partial charge < -0.3 is 0 Å². The van der Waals surface area contributed by atoms with Crippen LogP contribution in [-0.4, -0.2) is 14.6 Å². The first-order chi connectivity index (χ1) is 9.07. The van der Waals surface area contributed by atoms with Gasteiger partial charge in [-0.15, -0.1) is 10.2 Å². The second kappa shape index (κ2) is 4.08. The van der Waals surface area contributed by atoms with Crippen LogP contribution in [0.25, 0.3) is 17.0 Å². The van der Waals surface area contributed by atoms with E-state index in [1.807, 2.05) is 6.07 Å². The van der Waals surface area contributed by atoms with Crippen molar-refractivity contribution in [2.45, 2.75) is 6.18 Å².